The molecule has 0 aromatic rings. The number of hydrogen-bond acceptors (Lipinski definition) is 4. The fourth-order valence-corrected chi connectivity index (χ4v) is 3.22. The Kier molecular flexibility index (Phi) is 5.85. The molecule has 1 saturated heterocycles. The van der Waals surface area contributed by atoms with Crippen LogP contribution in [-0.4, -0.2) is 67.3 Å². The number of sulfonamides is 1. The van der Waals surface area contributed by atoms with Crippen LogP contribution in [0.3, 0.4) is 0 Å². The molecule has 1 heterocycles. The van der Waals surface area contributed by atoms with Crippen LogP contribution in [0.1, 0.15) is 26.7 Å². The molecule has 1 fully saturated rings. The van der Waals surface area contributed by atoms with Gasteiger partial charge in [-0.2, -0.15) is 0 Å². The van der Waals surface area contributed by atoms with Crippen molar-refractivity contribution in [3.63, 3.8) is 0 Å². The first-order chi connectivity index (χ1) is 8.01. The molecule has 0 unspecified atom stereocenters. The van der Waals surface area contributed by atoms with Gasteiger partial charge in [0.05, 0.1) is 12.4 Å². The fraction of sp³-hybridized carbons (Fsp3) is 1.00. The summed E-state index contributed by atoms with van der Waals surface area (Å²) < 4.78 is 25.2. The average molecular weight is 264 g/mol. The van der Waals surface area contributed by atoms with E-state index in [1.165, 1.54) is 0 Å². The van der Waals surface area contributed by atoms with Crippen LogP contribution >= 0.6 is 0 Å². The molecule has 102 valence electrons. The van der Waals surface area contributed by atoms with Crippen LogP contribution in [0.2, 0.25) is 0 Å². The lowest BCUT2D eigenvalue weighted by atomic mass is 10.2. The van der Waals surface area contributed by atoms with Crippen molar-refractivity contribution in [2.24, 2.45) is 0 Å². The molecular formula is C11H24N2O3S. The summed E-state index contributed by atoms with van der Waals surface area (Å²) >= 11 is 0. The number of aliphatic hydroxyl groups is 1. The molecule has 6 heteroatoms. The van der Waals surface area contributed by atoms with Gasteiger partial charge in [-0.3, -0.25) is 4.90 Å². The van der Waals surface area contributed by atoms with Crippen molar-refractivity contribution in [2.45, 2.75) is 32.7 Å². The Morgan fingerprint density at radius 3 is 2.41 bits per heavy atom. The zero-order valence-electron chi connectivity index (χ0n) is 10.8. The van der Waals surface area contributed by atoms with Gasteiger partial charge in [0.15, 0.2) is 0 Å². The standard InChI is InChI=1S/C11H24N2O3S/c1-3-17(15,16)13-7-5-4-6-12(8-9-13)11(2)10-14/h11,14H,3-10H2,1-2H3/t11-/m0/s1. The molecule has 1 atom stereocenters. The van der Waals surface area contributed by atoms with Gasteiger partial charge in [0.2, 0.25) is 10.0 Å². The van der Waals surface area contributed by atoms with E-state index in [0.717, 1.165) is 19.4 Å². The first-order valence-corrected chi connectivity index (χ1v) is 7.95. The maximum Gasteiger partial charge on any atom is 0.213 e. The molecule has 5 nitrogen and oxygen atoms in total. The lowest BCUT2D eigenvalue weighted by Crippen LogP contribution is -2.46. The molecule has 1 rings (SSSR count). The molecule has 0 amide bonds. The maximum absolute atomic E-state index is 11.8. The predicted molar refractivity (Wildman–Crippen MR) is 68.4 cm³/mol. The Morgan fingerprint density at radius 1 is 1.18 bits per heavy atom. The van der Waals surface area contributed by atoms with E-state index in [2.05, 4.69) is 4.90 Å². The average Bonchev–Trinajstić information content (AvgIpc) is 2.27. The van der Waals surface area contributed by atoms with Gasteiger partial charge in [-0.1, -0.05) is 0 Å². The third-order valence-corrected chi connectivity index (χ3v) is 5.27. The summed E-state index contributed by atoms with van der Waals surface area (Å²) in [6.45, 7) is 6.61. The molecule has 0 bridgehead atoms. The second-order valence-corrected chi connectivity index (χ2v) is 6.83. The van der Waals surface area contributed by atoms with Crippen molar-refractivity contribution < 1.29 is 13.5 Å². The van der Waals surface area contributed by atoms with Gasteiger partial charge in [-0.15, -0.1) is 0 Å². The van der Waals surface area contributed by atoms with Crippen molar-refractivity contribution in [1.29, 1.82) is 0 Å². The molecule has 0 radical (unpaired) electrons. The Balaban J connectivity index is 2.63. The van der Waals surface area contributed by atoms with Crippen LogP contribution in [0.15, 0.2) is 0 Å². The quantitative estimate of drug-likeness (QED) is 0.783. The third kappa shape index (κ3) is 4.21. The largest absolute Gasteiger partial charge is 0.395 e. The highest BCUT2D eigenvalue weighted by molar-refractivity contribution is 7.89. The van der Waals surface area contributed by atoms with Gasteiger partial charge >= 0.3 is 0 Å². The van der Waals surface area contributed by atoms with Crippen LogP contribution < -0.4 is 0 Å². The smallest absolute Gasteiger partial charge is 0.213 e. The first-order valence-electron chi connectivity index (χ1n) is 6.34. The number of hydrogen-bond donors (Lipinski definition) is 1. The SMILES string of the molecule is CCS(=O)(=O)N1CCCCN([C@@H](C)CO)CC1. The van der Waals surface area contributed by atoms with Crippen molar-refractivity contribution in [3.05, 3.63) is 0 Å². The highest BCUT2D eigenvalue weighted by Crippen LogP contribution is 2.11. The molecular weight excluding hydrogens is 240 g/mol. The summed E-state index contributed by atoms with van der Waals surface area (Å²) in [5, 5.41) is 9.15. The van der Waals surface area contributed by atoms with Crippen molar-refractivity contribution in [1.82, 2.24) is 9.21 Å². The van der Waals surface area contributed by atoms with E-state index in [-0.39, 0.29) is 18.4 Å². The predicted octanol–water partition coefficient (Wildman–Crippen LogP) is 0.115. The number of aliphatic hydroxyl groups excluding tert-OH is 1. The Bertz CT molecular complexity index is 319. The molecule has 1 N–H and O–H groups in total. The summed E-state index contributed by atoms with van der Waals surface area (Å²) in [4.78, 5) is 2.16. The van der Waals surface area contributed by atoms with E-state index in [1.807, 2.05) is 6.92 Å². The minimum Gasteiger partial charge on any atom is -0.395 e. The fourth-order valence-electron chi connectivity index (χ4n) is 2.08. The van der Waals surface area contributed by atoms with E-state index in [0.29, 0.717) is 19.6 Å². The highest BCUT2D eigenvalue weighted by Gasteiger charge is 2.23. The van der Waals surface area contributed by atoms with Gasteiger partial charge in [0.1, 0.15) is 0 Å². The van der Waals surface area contributed by atoms with Crippen LogP contribution in [0, 0.1) is 0 Å². The Hall–Kier alpha value is -0.170. The topological polar surface area (TPSA) is 60.9 Å². The summed E-state index contributed by atoms with van der Waals surface area (Å²) in [5.41, 5.74) is 0. The molecule has 0 aromatic carbocycles. The van der Waals surface area contributed by atoms with Crippen molar-refractivity contribution in [2.75, 3.05) is 38.5 Å². The van der Waals surface area contributed by atoms with E-state index < -0.39 is 10.0 Å². The van der Waals surface area contributed by atoms with E-state index in [9.17, 15) is 8.42 Å². The highest BCUT2D eigenvalue weighted by atomic mass is 32.2. The summed E-state index contributed by atoms with van der Waals surface area (Å²) in [5.74, 6) is 0.169. The Morgan fingerprint density at radius 2 is 1.82 bits per heavy atom. The van der Waals surface area contributed by atoms with E-state index >= 15 is 0 Å². The monoisotopic (exact) mass is 264 g/mol. The minimum absolute atomic E-state index is 0.110. The van der Waals surface area contributed by atoms with Crippen LogP contribution in [0.4, 0.5) is 0 Å². The van der Waals surface area contributed by atoms with Crippen LogP contribution in [0.25, 0.3) is 0 Å². The molecule has 0 saturated carbocycles. The molecule has 1 aliphatic heterocycles. The molecule has 0 aromatic heterocycles. The first kappa shape index (κ1) is 14.9. The van der Waals surface area contributed by atoms with Crippen LogP contribution in [0.5, 0.6) is 0 Å². The van der Waals surface area contributed by atoms with Gasteiger partial charge in [-0.05, 0) is 33.2 Å². The molecule has 0 spiro atoms. The van der Waals surface area contributed by atoms with Gasteiger partial charge < -0.3 is 5.11 Å². The number of nitrogens with zero attached hydrogens (tertiary/aromatic N) is 2. The van der Waals surface area contributed by atoms with Crippen molar-refractivity contribution in [3.8, 4) is 0 Å². The lowest BCUT2D eigenvalue weighted by molar-refractivity contribution is 0.118. The van der Waals surface area contributed by atoms with Crippen molar-refractivity contribution >= 4 is 10.0 Å². The van der Waals surface area contributed by atoms with E-state index in [1.54, 1.807) is 11.2 Å². The summed E-state index contributed by atoms with van der Waals surface area (Å²) in [7, 11) is -3.07. The Labute approximate surface area is 104 Å². The molecule has 1 aliphatic rings. The second kappa shape index (κ2) is 6.68. The normalized spacial score (nSPS) is 23.0. The van der Waals surface area contributed by atoms with Crippen LogP contribution in [-0.2, 0) is 10.0 Å². The molecule has 0 aliphatic carbocycles. The minimum atomic E-state index is -3.07. The summed E-state index contributed by atoms with van der Waals surface area (Å²) in [6.07, 6.45) is 1.88. The van der Waals surface area contributed by atoms with Gasteiger partial charge in [-0.25, -0.2) is 12.7 Å². The van der Waals surface area contributed by atoms with Gasteiger partial charge in [0, 0.05) is 25.7 Å². The summed E-state index contributed by atoms with van der Waals surface area (Å²) in [6, 6.07) is 0.110. The zero-order valence-corrected chi connectivity index (χ0v) is 11.6. The zero-order chi connectivity index (χ0) is 12.9. The second-order valence-electron chi connectivity index (χ2n) is 4.57. The lowest BCUT2D eigenvalue weighted by Gasteiger charge is -2.33. The third-order valence-electron chi connectivity index (χ3n) is 3.39. The maximum atomic E-state index is 11.8. The molecule has 17 heavy (non-hydrogen) atoms. The van der Waals surface area contributed by atoms with Gasteiger partial charge in [0.25, 0.3) is 0 Å². The van der Waals surface area contributed by atoms with E-state index in [4.69, 9.17) is 5.11 Å². The number of rotatable bonds is 4.